The summed E-state index contributed by atoms with van der Waals surface area (Å²) in [5, 5.41) is 14.9. The van der Waals surface area contributed by atoms with Gasteiger partial charge in [-0.15, -0.1) is 0 Å². The molecule has 2 aromatic carbocycles. The molecule has 7 rings (SSSR count). The Labute approximate surface area is 213 Å². The number of nitro groups is 1. The van der Waals surface area contributed by atoms with Crippen LogP contribution in [0.25, 0.3) is 0 Å². The second-order valence-corrected chi connectivity index (χ2v) is 11.8. The number of anilines is 2. The molecule has 0 unspecified atom stereocenters. The Morgan fingerprint density at radius 1 is 0.944 bits per heavy atom. The molecule has 2 aromatic rings. The predicted molar refractivity (Wildman–Crippen MR) is 141 cm³/mol. The molecular weight excluding hydrogens is 452 g/mol. The average molecular weight is 489 g/mol. The lowest BCUT2D eigenvalue weighted by molar-refractivity contribution is -0.384. The molecule has 0 radical (unpaired) electrons. The third kappa shape index (κ3) is 4.67. The van der Waals surface area contributed by atoms with Crippen LogP contribution in [0, 0.1) is 33.3 Å². The molecule has 1 aliphatic heterocycles. The summed E-state index contributed by atoms with van der Waals surface area (Å²) in [4.78, 5) is 28.9. The van der Waals surface area contributed by atoms with E-state index in [4.69, 9.17) is 0 Å². The Morgan fingerprint density at radius 3 is 2.19 bits per heavy atom. The molecule has 1 amide bonds. The van der Waals surface area contributed by atoms with E-state index in [9.17, 15) is 14.9 Å². The van der Waals surface area contributed by atoms with E-state index in [2.05, 4.69) is 15.1 Å². The van der Waals surface area contributed by atoms with Gasteiger partial charge in [-0.1, -0.05) is 30.3 Å². The quantitative estimate of drug-likeness (QED) is 0.413. The zero-order valence-corrected chi connectivity index (χ0v) is 20.9. The van der Waals surface area contributed by atoms with Crippen molar-refractivity contribution in [1.82, 2.24) is 4.90 Å². The van der Waals surface area contributed by atoms with Crippen molar-refractivity contribution in [1.29, 1.82) is 0 Å². The average Bonchev–Trinajstić information content (AvgIpc) is 2.87. The van der Waals surface area contributed by atoms with Crippen LogP contribution in [0.4, 0.5) is 17.1 Å². The van der Waals surface area contributed by atoms with Gasteiger partial charge in [0.05, 0.1) is 4.92 Å². The van der Waals surface area contributed by atoms with Crippen molar-refractivity contribution in [3.8, 4) is 0 Å². The molecule has 0 atom stereocenters. The largest absolute Gasteiger partial charge is 0.375 e. The summed E-state index contributed by atoms with van der Waals surface area (Å²) in [6.45, 7) is 3.47. The van der Waals surface area contributed by atoms with Gasteiger partial charge in [0, 0.05) is 50.9 Å². The van der Waals surface area contributed by atoms with Gasteiger partial charge in [-0.05, 0) is 79.4 Å². The van der Waals surface area contributed by atoms with E-state index in [0.29, 0.717) is 18.1 Å². The summed E-state index contributed by atoms with van der Waals surface area (Å²) in [7, 11) is 0. The van der Waals surface area contributed by atoms with Gasteiger partial charge in [-0.2, -0.15) is 0 Å². The van der Waals surface area contributed by atoms with Gasteiger partial charge in [0.15, 0.2) is 0 Å². The zero-order chi connectivity index (χ0) is 24.7. The smallest absolute Gasteiger partial charge is 0.292 e. The lowest BCUT2D eigenvalue weighted by atomic mass is 9.49. The fraction of sp³-hybridized carbons (Fsp3) is 0.552. The molecule has 1 heterocycles. The topological polar surface area (TPSA) is 78.7 Å². The molecule has 190 valence electrons. The van der Waals surface area contributed by atoms with E-state index in [1.54, 1.807) is 6.07 Å². The third-order valence-corrected chi connectivity index (χ3v) is 9.19. The summed E-state index contributed by atoms with van der Waals surface area (Å²) in [5.41, 5.74) is 2.93. The van der Waals surface area contributed by atoms with Crippen molar-refractivity contribution in [2.75, 3.05) is 36.4 Å². The molecule has 0 aromatic heterocycles. The van der Waals surface area contributed by atoms with Gasteiger partial charge in [-0.25, -0.2) is 0 Å². The number of nitro benzene ring substituents is 1. The van der Waals surface area contributed by atoms with E-state index < -0.39 is 0 Å². The summed E-state index contributed by atoms with van der Waals surface area (Å²) >= 11 is 0. The molecule has 7 heteroatoms. The van der Waals surface area contributed by atoms with Crippen molar-refractivity contribution in [2.45, 2.75) is 51.5 Å². The molecule has 5 aliphatic rings. The molecule has 4 saturated carbocycles. The fourth-order valence-electron chi connectivity index (χ4n) is 7.97. The van der Waals surface area contributed by atoms with E-state index in [0.717, 1.165) is 61.6 Å². The zero-order valence-electron chi connectivity index (χ0n) is 20.9. The molecule has 36 heavy (non-hydrogen) atoms. The van der Waals surface area contributed by atoms with Crippen molar-refractivity contribution in [2.24, 2.45) is 23.2 Å². The standard InChI is InChI=1S/C29H36N4O3/c34-28(19-29-16-22-12-23(17-29)14-24(13-22)18-29)32-10-8-31(9-11-32)25-6-7-27(33(35)36)26(15-25)30-20-21-4-2-1-3-5-21/h1-7,15,22-24,30H,8-14,16-20H2. The lowest BCUT2D eigenvalue weighted by Gasteiger charge is -2.57. The summed E-state index contributed by atoms with van der Waals surface area (Å²) < 4.78 is 0. The molecule has 4 aliphatic carbocycles. The highest BCUT2D eigenvalue weighted by atomic mass is 16.6. The third-order valence-electron chi connectivity index (χ3n) is 9.19. The SMILES string of the molecule is O=C(CC12CC3CC(CC(C3)C1)C2)N1CCN(c2ccc([N+](=O)[O-])c(NCc3ccccc3)c2)CC1. The second-order valence-electron chi connectivity index (χ2n) is 11.8. The van der Waals surface area contributed by atoms with Gasteiger partial charge in [0.1, 0.15) is 5.69 Å². The first-order chi connectivity index (χ1) is 17.5. The van der Waals surface area contributed by atoms with Crippen LogP contribution in [-0.4, -0.2) is 41.9 Å². The van der Waals surface area contributed by atoms with Gasteiger partial charge in [0.2, 0.25) is 5.91 Å². The number of nitrogens with one attached hydrogen (secondary N) is 1. The van der Waals surface area contributed by atoms with E-state index in [-0.39, 0.29) is 16.0 Å². The first-order valence-electron chi connectivity index (χ1n) is 13.6. The maximum atomic E-state index is 13.3. The molecule has 1 saturated heterocycles. The lowest BCUT2D eigenvalue weighted by Crippen LogP contribution is -2.52. The van der Waals surface area contributed by atoms with Crippen LogP contribution in [0.2, 0.25) is 0 Å². The molecule has 4 bridgehead atoms. The minimum Gasteiger partial charge on any atom is -0.375 e. The molecule has 7 nitrogen and oxygen atoms in total. The Bertz CT molecular complexity index is 1090. The Balaban J connectivity index is 1.08. The highest BCUT2D eigenvalue weighted by Crippen LogP contribution is 2.61. The Kier molecular flexibility index (Phi) is 6.10. The van der Waals surface area contributed by atoms with E-state index >= 15 is 0 Å². The highest BCUT2D eigenvalue weighted by Gasteiger charge is 2.51. The molecular formula is C29H36N4O3. The van der Waals surface area contributed by atoms with Crippen LogP contribution < -0.4 is 10.2 Å². The first-order valence-corrected chi connectivity index (χ1v) is 13.6. The predicted octanol–water partition coefficient (Wildman–Crippen LogP) is 5.46. The summed E-state index contributed by atoms with van der Waals surface area (Å²) in [6.07, 6.45) is 8.77. The van der Waals surface area contributed by atoms with Gasteiger partial charge in [-0.3, -0.25) is 14.9 Å². The van der Waals surface area contributed by atoms with Crippen LogP contribution >= 0.6 is 0 Å². The monoisotopic (exact) mass is 488 g/mol. The Morgan fingerprint density at radius 2 is 1.58 bits per heavy atom. The number of carbonyl (C=O) groups is 1. The van der Waals surface area contributed by atoms with Crippen molar-refractivity contribution in [3.05, 3.63) is 64.2 Å². The van der Waals surface area contributed by atoms with Crippen LogP contribution in [-0.2, 0) is 11.3 Å². The van der Waals surface area contributed by atoms with Crippen molar-refractivity contribution >= 4 is 23.0 Å². The van der Waals surface area contributed by atoms with E-state index in [1.807, 2.05) is 42.5 Å². The number of benzene rings is 2. The van der Waals surface area contributed by atoms with Crippen molar-refractivity contribution < 1.29 is 9.72 Å². The van der Waals surface area contributed by atoms with Crippen LogP contribution in [0.5, 0.6) is 0 Å². The second kappa shape index (κ2) is 9.41. The number of amides is 1. The number of hydrogen-bond donors (Lipinski definition) is 1. The number of nitrogens with zero attached hydrogens (tertiary/aromatic N) is 3. The number of carbonyl (C=O) groups excluding carboxylic acids is 1. The minimum absolute atomic E-state index is 0.0825. The van der Waals surface area contributed by atoms with Crippen LogP contribution in [0.15, 0.2) is 48.5 Å². The normalized spacial score (nSPS) is 28.8. The first kappa shape index (κ1) is 23.3. The number of hydrogen-bond acceptors (Lipinski definition) is 5. The molecule has 0 spiro atoms. The van der Waals surface area contributed by atoms with Crippen LogP contribution in [0.1, 0.15) is 50.5 Å². The van der Waals surface area contributed by atoms with Crippen LogP contribution in [0.3, 0.4) is 0 Å². The maximum absolute atomic E-state index is 13.3. The number of piperazine rings is 1. The summed E-state index contributed by atoms with van der Waals surface area (Å²) in [5.74, 6) is 2.94. The molecule has 5 fully saturated rings. The van der Waals surface area contributed by atoms with Gasteiger partial charge < -0.3 is 15.1 Å². The summed E-state index contributed by atoms with van der Waals surface area (Å²) in [6, 6.07) is 15.2. The van der Waals surface area contributed by atoms with Gasteiger partial charge >= 0.3 is 0 Å². The highest BCUT2D eigenvalue weighted by molar-refractivity contribution is 5.77. The number of rotatable bonds is 7. The molecule has 1 N–H and O–H groups in total. The van der Waals surface area contributed by atoms with E-state index in [1.165, 1.54) is 38.5 Å². The van der Waals surface area contributed by atoms with Gasteiger partial charge in [0.25, 0.3) is 5.69 Å². The Hall–Kier alpha value is -3.09. The minimum atomic E-state index is -0.335. The maximum Gasteiger partial charge on any atom is 0.292 e. The fourth-order valence-corrected chi connectivity index (χ4v) is 7.97. The van der Waals surface area contributed by atoms with Crippen molar-refractivity contribution in [3.63, 3.8) is 0 Å².